The molecule has 0 saturated carbocycles. The number of nitrogens with two attached hydrogens (primary N) is 1. The van der Waals surface area contributed by atoms with Gasteiger partial charge in [0.05, 0.1) is 5.56 Å². The summed E-state index contributed by atoms with van der Waals surface area (Å²) < 4.78 is 37.1. The molecule has 5 heteroatoms. The second-order valence-corrected chi connectivity index (χ2v) is 4.62. The van der Waals surface area contributed by atoms with Crippen LogP contribution < -0.4 is 5.73 Å². The number of carbonyl (C=O) groups is 1. The molecule has 0 bridgehead atoms. The number of Topliss-reactive ketones (excluding diaryl/α,β-unsaturated/α-hetero) is 1. The minimum atomic E-state index is -4.34. The van der Waals surface area contributed by atoms with E-state index in [2.05, 4.69) is 0 Å². The highest BCUT2D eigenvalue weighted by Gasteiger charge is 2.29. The molecule has 0 fully saturated rings. The summed E-state index contributed by atoms with van der Waals surface area (Å²) in [6, 6.07) is 4.71. The van der Waals surface area contributed by atoms with Crippen LogP contribution in [0.1, 0.15) is 30.9 Å². The monoisotopic (exact) mass is 273 g/mol. The maximum atomic E-state index is 12.4. The number of rotatable bonds is 6. The topological polar surface area (TPSA) is 43.1 Å². The number of halogens is 3. The van der Waals surface area contributed by atoms with E-state index in [0.29, 0.717) is 18.5 Å². The van der Waals surface area contributed by atoms with Crippen molar-refractivity contribution in [1.29, 1.82) is 0 Å². The first-order valence-corrected chi connectivity index (χ1v) is 6.24. The first kappa shape index (κ1) is 15.7. The zero-order valence-electron chi connectivity index (χ0n) is 10.8. The van der Waals surface area contributed by atoms with Gasteiger partial charge in [-0.15, -0.1) is 0 Å². The predicted octanol–water partition coefficient (Wildman–Crippen LogP) is 3.19. The van der Waals surface area contributed by atoms with E-state index < -0.39 is 11.7 Å². The fourth-order valence-corrected chi connectivity index (χ4v) is 1.83. The molecule has 0 amide bonds. The molecular formula is C14H18F3NO. The van der Waals surface area contributed by atoms with E-state index in [9.17, 15) is 18.0 Å². The standard InChI is InChI=1S/C14H18F3NO/c1-2-10(9-18)7-13(19)8-11-3-5-12(6-4-11)14(15,16)17/h3-6,10H,2,7-9,18H2,1H3. The molecule has 0 aromatic heterocycles. The Labute approximate surface area is 110 Å². The second kappa shape index (κ2) is 6.70. The lowest BCUT2D eigenvalue weighted by Crippen LogP contribution is -2.18. The van der Waals surface area contributed by atoms with Gasteiger partial charge in [-0.3, -0.25) is 4.79 Å². The number of benzene rings is 1. The third kappa shape index (κ3) is 5.03. The van der Waals surface area contributed by atoms with Crippen LogP contribution in [0, 0.1) is 5.92 Å². The summed E-state index contributed by atoms with van der Waals surface area (Å²) in [6.07, 6.45) is -2.96. The maximum Gasteiger partial charge on any atom is 0.416 e. The maximum absolute atomic E-state index is 12.4. The van der Waals surface area contributed by atoms with E-state index in [-0.39, 0.29) is 18.1 Å². The third-order valence-electron chi connectivity index (χ3n) is 3.11. The average molecular weight is 273 g/mol. The van der Waals surface area contributed by atoms with E-state index in [0.717, 1.165) is 18.6 Å². The van der Waals surface area contributed by atoms with Crippen molar-refractivity contribution in [1.82, 2.24) is 0 Å². The van der Waals surface area contributed by atoms with Gasteiger partial charge in [0.2, 0.25) is 0 Å². The first-order valence-electron chi connectivity index (χ1n) is 6.24. The summed E-state index contributed by atoms with van der Waals surface area (Å²) in [5.41, 5.74) is 5.42. The number of hydrogen-bond donors (Lipinski definition) is 1. The van der Waals surface area contributed by atoms with Gasteiger partial charge in [-0.2, -0.15) is 13.2 Å². The summed E-state index contributed by atoms with van der Waals surface area (Å²) in [5.74, 6) is 0.166. The van der Waals surface area contributed by atoms with Gasteiger partial charge in [0.15, 0.2) is 0 Å². The number of hydrogen-bond acceptors (Lipinski definition) is 2. The third-order valence-corrected chi connectivity index (χ3v) is 3.11. The van der Waals surface area contributed by atoms with Crippen LogP contribution in [0.4, 0.5) is 13.2 Å². The Bertz CT molecular complexity index is 408. The number of alkyl halides is 3. The van der Waals surface area contributed by atoms with Crippen molar-refractivity contribution in [2.45, 2.75) is 32.4 Å². The molecule has 1 rings (SSSR count). The minimum Gasteiger partial charge on any atom is -0.330 e. The van der Waals surface area contributed by atoms with Gasteiger partial charge in [0.25, 0.3) is 0 Å². The molecule has 0 saturated heterocycles. The van der Waals surface area contributed by atoms with Crippen molar-refractivity contribution in [2.24, 2.45) is 11.7 Å². The van der Waals surface area contributed by atoms with Crippen LogP contribution in [0.2, 0.25) is 0 Å². The molecule has 0 radical (unpaired) electrons. The Hall–Kier alpha value is -1.36. The van der Waals surface area contributed by atoms with Gasteiger partial charge in [0, 0.05) is 12.8 Å². The lowest BCUT2D eigenvalue weighted by Gasteiger charge is -2.11. The largest absolute Gasteiger partial charge is 0.416 e. The molecule has 0 spiro atoms. The summed E-state index contributed by atoms with van der Waals surface area (Å²) in [4.78, 5) is 11.7. The van der Waals surface area contributed by atoms with Crippen LogP contribution in [0.5, 0.6) is 0 Å². The smallest absolute Gasteiger partial charge is 0.330 e. The van der Waals surface area contributed by atoms with Gasteiger partial charge in [-0.25, -0.2) is 0 Å². The first-order chi connectivity index (χ1) is 8.86. The minimum absolute atomic E-state index is 0.0112. The molecule has 0 aliphatic heterocycles. The fourth-order valence-electron chi connectivity index (χ4n) is 1.83. The quantitative estimate of drug-likeness (QED) is 0.865. The normalized spacial score (nSPS) is 13.3. The van der Waals surface area contributed by atoms with Gasteiger partial charge in [-0.05, 0) is 30.2 Å². The van der Waals surface area contributed by atoms with Gasteiger partial charge >= 0.3 is 6.18 Å². The Balaban J connectivity index is 2.61. The van der Waals surface area contributed by atoms with Crippen LogP contribution >= 0.6 is 0 Å². The lowest BCUT2D eigenvalue weighted by atomic mass is 9.96. The Morgan fingerprint density at radius 2 is 1.84 bits per heavy atom. The van der Waals surface area contributed by atoms with Crippen molar-refractivity contribution < 1.29 is 18.0 Å². The van der Waals surface area contributed by atoms with Crippen LogP contribution in [-0.4, -0.2) is 12.3 Å². The SMILES string of the molecule is CCC(CN)CC(=O)Cc1ccc(C(F)(F)F)cc1. The van der Waals surface area contributed by atoms with Crippen molar-refractivity contribution in [3.05, 3.63) is 35.4 Å². The van der Waals surface area contributed by atoms with E-state index >= 15 is 0 Å². The van der Waals surface area contributed by atoms with Crippen molar-refractivity contribution in [3.63, 3.8) is 0 Å². The molecule has 2 nitrogen and oxygen atoms in total. The summed E-state index contributed by atoms with van der Waals surface area (Å²) in [5, 5.41) is 0. The van der Waals surface area contributed by atoms with E-state index in [1.54, 1.807) is 0 Å². The zero-order chi connectivity index (χ0) is 14.5. The number of ketones is 1. The summed E-state index contributed by atoms with van der Waals surface area (Å²) in [6.45, 7) is 2.41. The predicted molar refractivity (Wildman–Crippen MR) is 67.6 cm³/mol. The van der Waals surface area contributed by atoms with Crippen LogP contribution in [-0.2, 0) is 17.4 Å². The summed E-state index contributed by atoms with van der Waals surface area (Å²) in [7, 11) is 0. The molecule has 19 heavy (non-hydrogen) atoms. The molecular weight excluding hydrogens is 255 g/mol. The van der Waals surface area contributed by atoms with Gasteiger partial charge in [0.1, 0.15) is 5.78 Å². The fraction of sp³-hybridized carbons (Fsp3) is 0.500. The summed E-state index contributed by atoms with van der Waals surface area (Å²) >= 11 is 0. The highest BCUT2D eigenvalue weighted by molar-refractivity contribution is 5.81. The molecule has 1 aromatic carbocycles. The van der Waals surface area contributed by atoms with Crippen molar-refractivity contribution in [2.75, 3.05) is 6.54 Å². The molecule has 2 N–H and O–H groups in total. The molecule has 1 atom stereocenters. The lowest BCUT2D eigenvalue weighted by molar-refractivity contribution is -0.137. The Morgan fingerprint density at radius 1 is 1.26 bits per heavy atom. The molecule has 106 valence electrons. The molecule has 0 aliphatic carbocycles. The van der Waals surface area contributed by atoms with E-state index in [1.807, 2.05) is 6.92 Å². The molecule has 0 heterocycles. The van der Waals surface area contributed by atoms with Crippen LogP contribution in [0.25, 0.3) is 0 Å². The molecule has 0 aliphatic rings. The van der Waals surface area contributed by atoms with Crippen molar-refractivity contribution in [3.8, 4) is 0 Å². The highest BCUT2D eigenvalue weighted by Crippen LogP contribution is 2.29. The van der Waals surface area contributed by atoms with E-state index in [4.69, 9.17) is 5.73 Å². The van der Waals surface area contributed by atoms with Crippen molar-refractivity contribution >= 4 is 5.78 Å². The van der Waals surface area contributed by atoms with Crippen LogP contribution in [0.15, 0.2) is 24.3 Å². The van der Waals surface area contributed by atoms with Gasteiger partial charge < -0.3 is 5.73 Å². The molecule has 1 aromatic rings. The van der Waals surface area contributed by atoms with E-state index in [1.165, 1.54) is 12.1 Å². The number of carbonyl (C=O) groups excluding carboxylic acids is 1. The van der Waals surface area contributed by atoms with Gasteiger partial charge in [-0.1, -0.05) is 25.5 Å². The Kier molecular flexibility index (Phi) is 5.54. The second-order valence-electron chi connectivity index (χ2n) is 4.62. The Morgan fingerprint density at radius 3 is 2.26 bits per heavy atom. The van der Waals surface area contributed by atoms with Crippen LogP contribution in [0.3, 0.4) is 0 Å². The molecule has 1 unspecified atom stereocenters. The highest BCUT2D eigenvalue weighted by atomic mass is 19.4. The average Bonchev–Trinajstić information content (AvgIpc) is 2.35. The zero-order valence-corrected chi connectivity index (χ0v) is 10.8.